The van der Waals surface area contributed by atoms with Gasteiger partial charge in [0, 0.05) is 28.2 Å². The minimum atomic E-state index is 0.260. The molecule has 2 heteroatoms. The molecule has 7 rings (SSSR count). The molecule has 2 heterocycles. The minimum absolute atomic E-state index is 0.260. The molecule has 1 aromatic heterocycles. The molecule has 1 aliphatic heterocycles. The van der Waals surface area contributed by atoms with E-state index in [0.29, 0.717) is 5.92 Å². The Hall–Kier alpha value is -4.04. The van der Waals surface area contributed by atoms with Gasteiger partial charge in [0.15, 0.2) is 0 Å². The molecule has 1 N–H and O–H groups in total. The van der Waals surface area contributed by atoms with Crippen molar-refractivity contribution in [1.82, 2.24) is 4.57 Å². The Morgan fingerprint density at radius 1 is 0.688 bits per heavy atom. The molecule has 0 fully saturated rings. The number of aromatic nitrogens is 1. The highest BCUT2D eigenvalue weighted by molar-refractivity contribution is 5.93. The van der Waals surface area contributed by atoms with E-state index < -0.39 is 0 Å². The average Bonchev–Trinajstić information content (AvgIpc) is 3.40. The molecule has 5 aromatic rings. The standard InChI is InChI=1S/C30H22N2/c1-2-9-20(10-3-1)21-11-8-12-22(19-21)32-27-16-7-5-14-25(27)29-28(32)18-17-24-23-13-4-6-15-26(23)31-30(24)29/h1-19,24,30-31H. The van der Waals surface area contributed by atoms with E-state index in [1.165, 1.54) is 50.2 Å². The third-order valence-electron chi connectivity index (χ3n) is 6.93. The van der Waals surface area contributed by atoms with E-state index in [2.05, 4.69) is 125 Å². The highest BCUT2D eigenvalue weighted by Crippen LogP contribution is 2.51. The van der Waals surface area contributed by atoms with Crippen LogP contribution in [0.2, 0.25) is 0 Å². The van der Waals surface area contributed by atoms with Crippen LogP contribution in [-0.2, 0) is 0 Å². The van der Waals surface area contributed by atoms with Crippen LogP contribution < -0.4 is 5.32 Å². The number of para-hydroxylation sites is 2. The van der Waals surface area contributed by atoms with Gasteiger partial charge < -0.3 is 9.88 Å². The second-order valence-corrected chi connectivity index (χ2v) is 8.66. The highest BCUT2D eigenvalue weighted by Gasteiger charge is 2.37. The first kappa shape index (κ1) is 17.6. The van der Waals surface area contributed by atoms with E-state index in [9.17, 15) is 0 Å². The average molecular weight is 411 g/mol. The van der Waals surface area contributed by atoms with E-state index in [1.54, 1.807) is 0 Å². The maximum atomic E-state index is 3.82. The van der Waals surface area contributed by atoms with Gasteiger partial charge in [-0.15, -0.1) is 0 Å². The zero-order valence-corrected chi connectivity index (χ0v) is 17.6. The number of nitrogens with one attached hydrogen (secondary N) is 1. The van der Waals surface area contributed by atoms with Crippen molar-refractivity contribution in [3.8, 4) is 16.8 Å². The molecule has 2 nitrogen and oxygen atoms in total. The fourth-order valence-electron chi connectivity index (χ4n) is 5.53. The lowest BCUT2D eigenvalue weighted by atomic mass is 9.85. The Balaban J connectivity index is 1.45. The van der Waals surface area contributed by atoms with Gasteiger partial charge in [0.25, 0.3) is 0 Å². The van der Waals surface area contributed by atoms with Gasteiger partial charge in [-0.25, -0.2) is 0 Å². The normalized spacial score (nSPS) is 18.1. The molecule has 0 amide bonds. The second-order valence-electron chi connectivity index (χ2n) is 8.66. The van der Waals surface area contributed by atoms with E-state index in [-0.39, 0.29) is 6.04 Å². The fraction of sp³-hybridized carbons (Fsp3) is 0.0667. The SMILES string of the molecule is C1=CC2c3ccccc3NC2c2c1n(-c1cccc(-c3ccccc3)c1)c1ccccc21. The first-order valence-electron chi connectivity index (χ1n) is 11.2. The van der Waals surface area contributed by atoms with Gasteiger partial charge in [0.2, 0.25) is 0 Å². The van der Waals surface area contributed by atoms with Crippen molar-refractivity contribution in [2.24, 2.45) is 0 Å². The summed E-state index contributed by atoms with van der Waals surface area (Å²) in [5.41, 5.74) is 10.2. The van der Waals surface area contributed by atoms with Crippen molar-refractivity contribution in [3.05, 3.63) is 126 Å². The van der Waals surface area contributed by atoms with Crippen LogP contribution in [0.5, 0.6) is 0 Å². The number of benzene rings is 4. The summed E-state index contributed by atoms with van der Waals surface area (Å²) in [4.78, 5) is 0. The number of hydrogen-bond donors (Lipinski definition) is 1. The quantitative estimate of drug-likeness (QED) is 0.317. The predicted octanol–water partition coefficient (Wildman–Crippen LogP) is 7.57. The summed E-state index contributed by atoms with van der Waals surface area (Å²) in [6.45, 7) is 0. The molecule has 0 saturated carbocycles. The third-order valence-corrected chi connectivity index (χ3v) is 6.93. The van der Waals surface area contributed by atoms with Crippen molar-refractivity contribution in [3.63, 3.8) is 0 Å². The van der Waals surface area contributed by atoms with Gasteiger partial charge in [-0.3, -0.25) is 0 Å². The molecule has 2 atom stereocenters. The Kier molecular flexibility index (Phi) is 3.71. The van der Waals surface area contributed by atoms with Gasteiger partial charge >= 0.3 is 0 Å². The topological polar surface area (TPSA) is 17.0 Å². The van der Waals surface area contributed by atoms with E-state index in [0.717, 1.165) is 0 Å². The van der Waals surface area contributed by atoms with Crippen LogP contribution in [-0.4, -0.2) is 4.57 Å². The first-order chi connectivity index (χ1) is 15.9. The summed E-state index contributed by atoms with van der Waals surface area (Å²) in [6.07, 6.45) is 4.71. The maximum absolute atomic E-state index is 3.82. The van der Waals surface area contributed by atoms with Gasteiger partial charge in [-0.05, 0) is 47.0 Å². The lowest BCUT2D eigenvalue weighted by Gasteiger charge is -2.23. The van der Waals surface area contributed by atoms with Gasteiger partial charge in [-0.1, -0.05) is 84.9 Å². The van der Waals surface area contributed by atoms with Crippen molar-refractivity contribution in [1.29, 1.82) is 0 Å². The first-order valence-corrected chi connectivity index (χ1v) is 11.2. The highest BCUT2D eigenvalue weighted by atomic mass is 15.0. The molecule has 4 aromatic carbocycles. The van der Waals surface area contributed by atoms with Gasteiger partial charge in [0.1, 0.15) is 0 Å². The molecule has 0 radical (unpaired) electrons. The molecular formula is C30H22N2. The van der Waals surface area contributed by atoms with Crippen LogP contribution in [0.1, 0.15) is 28.8 Å². The Morgan fingerprint density at radius 3 is 2.41 bits per heavy atom. The second kappa shape index (κ2) is 6.73. The molecule has 1 aliphatic carbocycles. The maximum Gasteiger partial charge on any atom is 0.0645 e. The van der Waals surface area contributed by atoms with Gasteiger partial charge in [-0.2, -0.15) is 0 Å². The molecule has 0 bridgehead atoms. The molecule has 0 spiro atoms. The van der Waals surface area contributed by atoms with E-state index in [1.807, 2.05) is 0 Å². The third kappa shape index (κ3) is 2.47. The smallest absolute Gasteiger partial charge is 0.0645 e. The van der Waals surface area contributed by atoms with Crippen LogP contribution in [0, 0.1) is 0 Å². The Labute approximate surface area is 187 Å². The van der Waals surface area contributed by atoms with Crippen molar-refractivity contribution >= 4 is 22.7 Å². The van der Waals surface area contributed by atoms with Crippen LogP contribution in [0.4, 0.5) is 5.69 Å². The fourth-order valence-corrected chi connectivity index (χ4v) is 5.53. The van der Waals surface area contributed by atoms with Crippen LogP contribution in [0.25, 0.3) is 33.8 Å². The molecule has 2 unspecified atom stereocenters. The predicted molar refractivity (Wildman–Crippen MR) is 133 cm³/mol. The van der Waals surface area contributed by atoms with Crippen molar-refractivity contribution in [2.45, 2.75) is 12.0 Å². The van der Waals surface area contributed by atoms with Crippen LogP contribution in [0.15, 0.2) is 109 Å². The zero-order valence-electron chi connectivity index (χ0n) is 17.6. The van der Waals surface area contributed by atoms with Crippen molar-refractivity contribution < 1.29 is 0 Å². The summed E-state index contributed by atoms with van der Waals surface area (Å²) in [5.74, 6) is 0.369. The molecule has 0 saturated heterocycles. The minimum Gasteiger partial charge on any atom is -0.377 e. The Bertz CT molecular complexity index is 1510. The number of hydrogen-bond acceptors (Lipinski definition) is 1. The lowest BCUT2D eigenvalue weighted by Crippen LogP contribution is -2.14. The van der Waals surface area contributed by atoms with Crippen molar-refractivity contribution in [2.75, 3.05) is 5.32 Å². The van der Waals surface area contributed by atoms with E-state index in [4.69, 9.17) is 0 Å². The summed E-state index contributed by atoms with van der Waals surface area (Å²) >= 11 is 0. The molecule has 152 valence electrons. The molecule has 2 aliphatic rings. The lowest BCUT2D eigenvalue weighted by molar-refractivity contribution is 0.728. The molecule has 32 heavy (non-hydrogen) atoms. The van der Waals surface area contributed by atoms with E-state index >= 15 is 0 Å². The summed E-state index contributed by atoms with van der Waals surface area (Å²) in [5, 5.41) is 5.15. The van der Waals surface area contributed by atoms with Gasteiger partial charge in [0.05, 0.1) is 17.3 Å². The van der Waals surface area contributed by atoms with Crippen LogP contribution in [0.3, 0.4) is 0 Å². The number of fused-ring (bicyclic) bond motifs is 7. The number of anilines is 1. The Morgan fingerprint density at radius 2 is 1.47 bits per heavy atom. The number of rotatable bonds is 2. The largest absolute Gasteiger partial charge is 0.377 e. The monoisotopic (exact) mass is 410 g/mol. The molecular weight excluding hydrogens is 388 g/mol. The number of nitrogens with zero attached hydrogens (tertiary/aromatic N) is 1. The zero-order chi connectivity index (χ0) is 21.1. The summed E-state index contributed by atoms with van der Waals surface area (Å²) in [6, 6.07) is 37.3. The van der Waals surface area contributed by atoms with Crippen LogP contribution >= 0.6 is 0 Å². The summed E-state index contributed by atoms with van der Waals surface area (Å²) < 4.78 is 2.43. The summed E-state index contributed by atoms with van der Waals surface area (Å²) in [7, 11) is 0.